The lowest BCUT2D eigenvalue weighted by Gasteiger charge is -2.01. The number of halogens is 2. The molecule has 1 aromatic carbocycles. The Bertz CT molecular complexity index is 298. The van der Waals surface area contributed by atoms with E-state index in [1.54, 1.807) is 0 Å². The monoisotopic (exact) mass is 232 g/mol. The van der Waals surface area contributed by atoms with Gasteiger partial charge in [-0.3, -0.25) is 0 Å². The van der Waals surface area contributed by atoms with E-state index < -0.39 is 0 Å². The molecule has 1 aromatic rings. The van der Waals surface area contributed by atoms with E-state index in [0.717, 1.165) is 28.3 Å². The second-order valence-electron chi connectivity index (χ2n) is 2.47. The van der Waals surface area contributed by atoms with Crippen LogP contribution >= 0.6 is 27.5 Å². The van der Waals surface area contributed by atoms with Gasteiger partial charge in [-0.15, -0.1) is 0 Å². The molecule has 1 heterocycles. The predicted octanol–water partition coefficient (Wildman–Crippen LogP) is 3.04. The number of rotatable bonds is 0. The van der Waals surface area contributed by atoms with Crippen LogP contribution in [0.2, 0.25) is 5.02 Å². The van der Waals surface area contributed by atoms with Crippen molar-refractivity contribution in [3.8, 4) is 5.75 Å². The Labute approximate surface area is 78.4 Å². The molecule has 3 heteroatoms. The molecule has 0 saturated carbocycles. The summed E-state index contributed by atoms with van der Waals surface area (Å²) < 4.78 is 6.33. The van der Waals surface area contributed by atoms with Gasteiger partial charge < -0.3 is 4.74 Å². The summed E-state index contributed by atoms with van der Waals surface area (Å²) in [6, 6.07) is 3.81. The van der Waals surface area contributed by atoms with E-state index in [4.69, 9.17) is 16.3 Å². The number of hydrogen-bond donors (Lipinski definition) is 0. The molecular formula is C8H6BrClO. The van der Waals surface area contributed by atoms with Gasteiger partial charge >= 0.3 is 0 Å². The summed E-state index contributed by atoms with van der Waals surface area (Å²) in [6.07, 6.45) is 0.967. The molecule has 0 atom stereocenters. The van der Waals surface area contributed by atoms with Crippen LogP contribution in [0, 0.1) is 0 Å². The Morgan fingerprint density at radius 2 is 2.27 bits per heavy atom. The van der Waals surface area contributed by atoms with Crippen molar-refractivity contribution in [2.45, 2.75) is 6.42 Å². The fraction of sp³-hybridized carbons (Fsp3) is 0.250. The van der Waals surface area contributed by atoms with E-state index in [2.05, 4.69) is 15.9 Å². The first kappa shape index (κ1) is 7.44. The smallest absolute Gasteiger partial charge is 0.136 e. The maximum absolute atomic E-state index is 5.84. The van der Waals surface area contributed by atoms with E-state index in [-0.39, 0.29) is 0 Å². The second kappa shape index (κ2) is 2.68. The van der Waals surface area contributed by atoms with Gasteiger partial charge in [0.15, 0.2) is 0 Å². The second-order valence-corrected chi connectivity index (χ2v) is 3.77. The minimum atomic E-state index is 0.765. The third-order valence-electron chi connectivity index (χ3n) is 1.70. The maximum atomic E-state index is 5.84. The molecule has 0 aromatic heterocycles. The van der Waals surface area contributed by atoms with Gasteiger partial charge in [-0.25, -0.2) is 0 Å². The molecule has 0 spiro atoms. The van der Waals surface area contributed by atoms with Gasteiger partial charge in [0.1, 0.15) is 5.75 Å². The molecule has 11 heavy (non-hydrogen) atoms. The van der Waals surface area contributed by atoms with Crippen LogP contribution in [0.15, 0.2) is 16.6 Å². The van der Waals surface area contributed by atoms with E-state index in [0.29, 0.717) is 0 Å². The number of hydrogen-bond acceptors (Lipinski definition) is 1. The molecule has 1 aliphatic rings. The van der Waals surface area contributed by atoms with Gasteiger partial charge in [0.2, 0.25) is 0 Å². The first-order valence-electron chi connectivity index (χ1n) is 3.38. The van der Waals surface area contributed by atoms with Gasteiger partial charge in [-0.2, -0.15) is 0 Å². The third kappa shape index (κ3) is 1.25. The van der Waals surface area contributed by atoms with Crippen LogP contribution in [0.25, 0.3) is 0 Å². The molecule has 0 bridgehead atoms. The molecule has 2 rings (SSSR count). The summed E-state index contributed by atoms with van der Waals surface area (Å²) in [4.78, 5) is 0. The fourth-order valence-electron chi connectivity index (χ4n) is 1.22. The lowest BCUT2D eigenvalue weighted by molar-refractivity contribution is 0.355. The van der Waals surface area contributed by atoms with Gasteiger partial charge in [0.05, 0.1) is 11.1 Å². The minimum Gasteiger partial charge on any atom is -0.492 e. The Hall–Kier alpha value is -0.210. The quantitative estimate of drug-likeness (QED) is 0.669. The lowest BCUT2D eigenvalue weighted by atomic mass is 10.2. The standard InChI is InChI=1S/C8H6BrClO/c9-7-4-6(10)3-5-1-2-11-8(5)7/h3-4H,1-2H2. The van der Waals surface area contributed by atoms with Gasteiger partial charge in [0.25, 0.3) is 0 Å². The van der Waals surface area contributed by atoms with E-state index in [1.807, 2.05) is 12.1 Å². The highest BCUT2D eigenvalue weighted by atomic mass is 79.9. The maximum Gasteiger partial charge on any atom is 0.136 e. The Kier molecular flexibility index (Phi) is 1.81. The SMILES string of the molecule is Clc1cc(Br)c2c(c1)CCO2. The summed E-state index contributed by atoms with van der Waals surface area (Å²) >= 11 is 9.23. The minimum absolute atomic E-state index is 0.765. The fourth-order valence-corrected chi connectivity index (χ4v) is 2.21. The summed E-state index contributed by atoms with van der Waals surface area (Å²) in [7, 11) is 0. The van der Waals surface area contributed by atoms with Crippen molar-refractivity contribution < 1.29 is 4.74 Å². The lowest BCUT2D eigenvalue weighted by Crippen LogP contribution is -1.86. The first-order valence-corrected chi connectivity index (χ1v) is 4.55. The topological polar surface area (TPSA) is 9.23 Å². The van der Waals surface area contributed by atoms with Crippen LogP contribution in [0.5, 0.6) is 5.75 Å². The molecule has 0 amide bonds. The average molecular weight is 233 g/mol. The van der Waals surface area contributed by atoms with E-state index in [9.17, 15) is 0 Å². The molecule has 0 unspecified atom stereocenters. The molecule has 58 valence electrons. The molecule has 0 radical (unpaired) electrons. The van der Waals surface area contributed by atoms with Crippen molar-refractivity contribution in [1.82, 2.24) is 0 Å². The summed E-state index contributed by atoms with van der Waals surface area (Å²) in [5.74, 6) is 0.953. The van der Waals surface area contributed by atoms with Crippen LogP contribution in [-0.2, 0) is 6.42 Å². The van der Waals surface area contributed by atoms with E-state index >= 15 is 0 Å². The number of fused-ring (bicyclic) bond motifs is 1. The number of ether oxygens (including phenoxy) is 1. The van der Waals surface area contributed by atoms with Crippen molar-refractivity contribution >= 4 is 27.5 Å². The normalized spacial score (nSPS) is 14.4. The van der Waals surface area contributed by atoms with Crippen LogP contribution < -0.4 is 4.74 Å². The van der Waals surface area contributed by atoms with Gasteiger partial charge in [-0.1, -0.05) is 11.6 Å². The van der Waals surface area contributed by atoms with Crippen molar-refractivity contribution in [1.29, 1.82) is 0 Å². The highest BCUT2D eigenvalue weighted by molar-refractivity contribution is 9.10. The summed E-state index contributed by atoms with van der Waals surface area (Å²) in [6.45, 7) is 0.772. The van der Waals surface area contributed by atoms with Crippen molar-refractivity contribution in [2.75, 3.05) is 6.61 Å². The Balaban J connectivity index is 2.60. The molecular weight excluding hydrogens is 227 g/mol. The molecule has 0 N–H and O–H groups in total. The van der Waals surface area contributed by atoms with Crippen LogP contribution in [0.1, 0.15) is 5.56 Å². The predicted molar refractivity (Wildman–Crippen MR) is 48.4 cm³/mol. The van der Waals surface area contributed by atoms with Gasteiger partial charge in [0, 0.05) is 17.0 Å². The van der Waals surface area contributed by atoms with Crippen LogP contribution in [0.4, 0.5) is 0 Å². The molecule has 1 aliphatic heterocycles. The molecule has 0 fully saturated rings. The Morgan fingerprint density at radius 3 is 3.09 bits per heavy atom. The van der Waals surface area contributed by atoms with Gasteiger partial charge in [-0.05, 0) is 28.1 Å². The highest BCUT2D eigenvalue weighted by Crippen LogP contribution is 2.35. The van der Waals surface area contributed by atoms with Crippen molar-refractivity contribution in [2.24, 2.45) is 0 Å². The van der Waals surface area contributed by atoms with Crippen LogP contribution in [-0.4, -0.2) is 6.61 Å². The molecule has 0 aliphatic carbocycles. The molecule has 0 saturated heterocycles. The highest BCUT2D eigenvalue weighted by Gasteiger charge is 2.15. The zero-order chi connectivity index (χ0) is 7.84. The third-order valence-corrected chi connectivity index (χ3v) is 2.51. The van der Waals surface area contributed by atoms with Crippen molar-refractivity contribution in [3.63, 3.8) is 0 Å². The zero-order valence-electron chi connectivity index (χ0n) is 5.73. The van der Waals surface area contributed by atoms with E-state index in [1.165, 1.54) is 5.56 Å². The largest absolute Gasteiger partial charge is 0.492 e. The Morgan fingerprint density at radius 1 is 1.45 bits per heavy atom. The average Bonchev–Trinajstić information content (AvgIpc) is 2.34. The summed E-state index contributed by atoms with van der Waals surface area (Å²) in [5.41, 5.74) is 1.20. The first-order chi connectivity index (χ1) is 5.27. The van der Waals surface area contributed by atoms with Crippen molar-refractivity contribution in [3.05, 3.63) is 27.2 Å². The van der Waals surface area contributed by atoms with Crippen LogP contribution in [0.3, 0.4) is 0 Å². The molecule has 1 nitrogen and oxygen atoms in total. The summed E-state index contributed by atoms with van der Waals surface area (Å²) in [5, 5.41) is 0.765. The zero-order valence-corrected chi connectivity index (χ0v) is 8.08. The number of benzene rings is 1.